The van der Waals surface area contributed by atoms with E-state index < -0.39 is 27.4 Å². The van der Waals surface area contributed by atoms with Crippen molar-refractivity contribution in [1.29, 1.82) is 0 Å². The largest absolute Gasteiger partial charge is 0.467 e. The van der Waals surface area contributed by atoms with Gasteiger partial charge in [-0.2, -0.15) is 0 Å². The van der Waals surface area contributed by atoms with Crippen LogP contribution in [-0.2, 0) is 20.2 Å². The first-order valence-electron chi connectivity index (χ1n) is 10.3. The van der Waals surface area contributed by atoms with Gasteiger partial charge in [0.1, 0.15) is 17.2 Å². The fourth-order valence-electron chi connectivity index (χ4n) is 4.50. The van der Waals surface area contributed by atoms with Crippen LogP contribution < -0.4 is 0 Å². The summed E-state index contributed by atoms with van der Waals surface area (Å²) in [6.07, 6.45) is 1.50. The van der Waals surface area contributed by atoms with Gasteiger partial charge in [-0.1, -0.05) is 78.4 Å². The highest BCUT2D eigenvalue weighted by Gasteiger charge is 2.68. The van der Waals surface area contributed by atoms with Crippen LogP contribution in [0.5, 0.6) is 0 Å². The van der Waals surface area contributed by atoms with E-state index in [1.807, 2.05) is 67.6 Å². The van der Waals surface area contributed by atoms with Gasteiger partial charge in [-0.15, -0.1) is 0 Å². The van der Waals surface area contributed by atoms with E-state index in [9.17, 15) is 13.2 Å². The van der Waals surface area contributed by atoms with Crippen LogP contribution in [0.1, 0.15) is 28.5 Å². The second-order valence-electron chi connectivity index (χ2n) is 7.88. The summed E-state index contributed by atoms with van der Waals surface area (Å²) in [5.74, 6) is -0.0927. The van der Waals surface area contributed by atoms with Crippen molar-refractivity contribution in [2.45, 2.75) is 23.3 Å². The lowest BCUT2D eigenvalue weighted by molar-refractivity contribution is -0.148. The van der Waals surface area contributed by atoms with Crippen LogP contribution in [0.3, 0.4) is 0 Å². The average Bonchev–Trinajstić information content (AvgIpc) is 3.33. The van der Waals surface area contributed by atoms with Crippen LogP contribution in [0, 0.1) is 6.92 Å². The number of benzene rings is 3. The second kappa shape index (κ2) is 7.50. The molecule has 6 heteroatoms. The molecular weight excluding hydrogens is 422 g/mol. The molecular formula is C26H21NO4S. The van der Waals surface area contributed by atoms with Crippen LogP contribution in [0.25, 0.3) is 0 Å². The van der Waals surface area contributed by atoms with Gasteiger partial charge in [-0.25, -0.2) is 12.7 Å². The molecule has 2 heterocycles. The lowest BCUT2D eigenvalue weighted by atomic mass is 9.62. The number of sulfonamides is 1. The molecule has 0 aliphatic carbocycles. The molecule has 0 unspecified atom stereocenters. The Bertz CT molecular complexity index is 1310. The number of rotatable bonds is 5. The molecule has 160 valence electrons. The van der Waals surface area contributed by atoms with Crippen LogP contribution in [0.2, 0.25) is 0 Å². The van der Waals surface area contributed by atoms with E-state index in [0.29, 0.717) is 16.9 Å². The standard InChI is InChI=1S/C26H21NO4S/c1-19-14-16-22(17-15-19)32(29,30)27-24(23-13-8-18-31-23)26(25(27)28,20-9-4-2-5-10-20)21-11-6-3-7-12-21/h2-18,24H,1H3/t24-/m1/s1. The fourth-order valence-corrected chi connectivity index (χ4v) is 6.11. The van der Waals surface area contributed by atoms with Crippen molar-refractivity contribution in [2.75, 3.05) is 0 Å². The molecule has 1 aliphatic heterocycles. The average molecular weight is 444 g/mol. The summed E-state index contributed by atoms with van der Waals surface area (Å²) in [5, 5.41) is 0. The van der Waals surface area contributed by atoms with E-state index in [1.54, 1.807) is 24.3 Å². The lowest BCUT2D eigenvalue weighted by Crippen LogP contribution is -2.67. The van der Waals surface area contributed by atoms with Crippen LogP contribution in [0.15, 0.2) is 113 Å². The Balaban J connectivity index is 1.76. The first kappa shape index (κ1) is 20.3. The highest BCUT2D eigenvalue weighted by Crippen LogP contribution is 2.57. The van der Waals surface area contributed by atoms with Crippen molar-refractivity contribution in [1.82, 2.24) is 4.31 Å². The Kier molecular flexibility index (Phi) is 4.75. The zero-order valence-electron chi connectivity index (χ0n) is 17.4. The molecule has 1 aliphatic rings. The molecule has 0 spiro atoms. The Hall–Kier alpha value is -3.64. The summed E-state index contributed by atoms with van der Waals surface area (Å²) in [6, 6.07) is 27.6. The molecule has 1 atom stereocenters. The van der Waals surface area contributed by atoms with Crippen LogP contribution >= 0.6 is 0 Å². The highest BCUT2D eigenvalue weighted by atomic mass is 32.2. The molecule has 1 amide bonds. The van der Waals surface area contributed by atoms with Crippen molar-refractivity contribution >= 4 is 15.9 Å². The third kappa shape index (κ3) is 2.83. The van der Waals surface area contributed by atoms with Gasteiger partial charge in [0.25, 0.3) is 15.9 Å². The molecule has 0 bridgehead atoms. The first-order valence-corrected chi connectivity index (χ1v) is 11.7. The topological polar surface area (TPSA) is 67.6 Å². The maximum absolute atomic E-state index is 14.0. The van der Waals surface area contributed by atoms with Crippen molar-refractivity contribution in [3.8, 4) is 0 Å². The Morgan fingerprint density at radius 2 is 1.34 bits per heavy atom. The summed E-state index contributed by atoms with van der Waals surface area (Å²) in [4.78, 5) is 14.1. The molecule has 0 N–H and O–H groups in total. The molecule has 4 aromatic rings. The Morgan fingerprint density at radius 3 is 1.84 bits per heavy atom. The number of hydrogen-bond acceptors (Lipinski definition) is 4. The molecule has 3 aromatic carbocycles. The summed E-state index contributed by atoms with van der Waals surface area (Å²) in [7, 11) is -4.11. The minimum atomic E-state index is -4.11. The van der Waals surface area contributed by atoms with Gasteiger partial charge in [-0.05, 0) is 42.3 Å². The van der Waals surface area contributed by atoms with Crippen LogP contribution in [0.4, 0.5) is 0 Å². The number of nitrogens with zero attached hydrogens (tertiary/aromatic N) is 1. The van der Waals surface area contributed by atoms with Crippen molar-refractivity contribution in [2.24, 2.45) is 0 Å². The molecule has 0 saturated carbocycles. The third-order valence-corrected chi connectivity index (χ3v) is 7.79. The smallest absolute Gasteiger partial charge is 0.267 e. The second-order valence-corrected chi connectivity index (χ2v) is 9.69. The van der Waals surface area contributed by atoms with E-state index in [-0.39, 0.29) is 4.90 Å². The summed E-state index contributed by atoms with van der Waals surface area (Å²) >= 11 is 0. The van der Waals surface area contributed by atoms with E-state index in [0.717, 1.165) is 9.87 Å². The van der Waals surface area contributed by atoms with Gasteiger partial charge in [0, 0.05) is 0 Å². The number of furan rings is 1. The quantitative estimate of drug-likeness (QED) is 0.414. The van der Waals surface area contributed by atoms with E-state index in [4.69, 9.17) is 4.42 Å². The zero-order chi connectivity index (χ0) is 22.3. The van der Waals surface area contributed by atoms with Gasteiger partial charge in [0.2, 0.25) is 0 Å². The van der Waals surface area contributed by atoms with Gasteiger partial charge >= 0.3 is 0 Å². The summed E-state index contributed by atoms with van der Waals surface area (Å²) in [6.45, 7) is 1.88. The van der Waals surface area contributed by atoms with Gasteiger partial charge in [-0.3, -0.25) is 4.79 Å². The highest BCUT2D eigenvalue weighted by molar-refractivity contribution is 7.89. The number of hydrogen-bond donors (Lipinski definition) is 0. The summed E-state index contributed by atoms with van der Waals surface area (Å²) < 4.78 is 34.0. The number of aryl methyl sites for hydroxylation is 1. The SMILES string of the molecule is Cc1ccc(S(=O)(=O)N2C(=O)C(c3ccccc3)(c3ccccc3)[C@H]2c2ccco2)cc1. The van der Waals surface area contributed by atoms with E-state index in [2.05, 4.69) is 0 Å². The maximum Gasteiger partial charge on any atom is 0.267 e. The Labute approximate surface area is 187 Å². The van der Waals surface area contributed by atoms with Gasteiger partial charge < -0.3 is 4.42 Å². The monoisotopic (exact) mass is 443 g/mol. The Morgan fingerprint density at radius 1 is 0.781 bits per heavy atom. The van der Waals surface area contributed by atoms with Gasteiger partial charge in [0.05, 0.1) is 11.2 Å². The zero-order valence-corrected chi connectivity index (χ0v) is 18.2. The predicted molar refractivity (Wildman–Crippen MR) is 120 cm³/mol. The normalized spacial score (nSPS) is 17.7. The maximum atomic E-state index is 14.0. The van der Waals surface area contributed by atoms with Crippen molar-refractivity contribution < 1.29 is 17.6 Å². The number of carbonyl (C=O) groups excluding carboxylic acids is 1. The lowest BCUT2D eigenvalue weighted by Gasteiger charge is -2.54. The molecule has 1 saturated heterocycles. The number of amides is 1. The van der Waals surface area contributed by atoms with E-state index >= 15 is 0 Å². The van der Waals surface area contributed by atoms with Gasteiger partial charge in [0.15, 0.2) is 0 Å². The first-order chi connectivity index (χ1) is 15.5. The van der Waals surface area contributed by atoms with Crippen molar-refractivity contribution in [3.05, 3.63) is 126 Å². The fraction of sp³-hybridized carbons (Fsp3) is 0.115. The molecule has 32 heavy (non-hydrogen) atoms. The third-order valence-electron chi connectivity index (χ3n) is 6.03. The van der Waals surface area contributed by atoms with E-state index in [1.165, 1.54) is 18.4 Å². The summed E-state index contributed by atoms with van der Waals surface area (Å²) in [5.41, 5.74) is 1.14. The number of carbonyl (C=O) groups is 1. The van der Waals surface area contributed by atoms with Crippen LogP contribution in [-0.4, -0.2) is 18.6 Å². The molecule has 5 rings (SSSR count). The molecule has 1 fully saturated rings. The molecule has 5 nitrogen and oxygen atoms in total. The number of β-lactam (4-membered cyclic amide) rings is 1. The predicted octanol–water partition coefficient (Wildman–Crippen LogP) is 4.85. The minimum Gasteiger partial charge on any atom is -0.467 e. The molecule has 1 aromatic heterocycles. The molecule has 0 radical (unpaired) electrons. The van der Waals surface area contributed by atoms with Crippen molar-refractivity contribution in [3.63, 3.8) is 0 Å². The minimum absolute atomic E-state index is 0.0720.